The molecule has 7 nitrogen and oxygen atoms in total. The number of carbonyl (C=O) groups excluding carboxylic acids is 1. The van der Waals surface area contributed by atoms with Crippen molar-refractivity contribution in [2.24, 2.45) is 0 Å². The van der Waals surface area contributed by atoms with Gasteiger partial charge in [0.25, 0.3) is 5.91 Å². The lowest BCUT2D eigenvalue weighted by Gasteiger charge is -2.37. The lowest BCUT2D eigenvalue weighted by molar-refractivity contribution is 0.0947. The van der Waals surface area contributed by atoms with Crippen molar-refractivity contribution >= 4 is 28.2 Å². The van der Waals surface area contributed by atoms with Crippen LogP contribution in [0.1, 0.15) is 21.6 Å². The number of hydrogen-bond acceptors (Lipinski definition) is 6. The second-order valence-corrected chi connectivity index (χ2v) is 8.76. The summed E-state index contributed by atoms with van der Waals surface area (Å²) in [6, 6.07) is 24.2. The van der Waals surface area contributed by atoms with Crippen LogP contribution in [-0.4, -0.2) is 49.4 Å². The SMILES string of the molecule is COc1ccc(N2CCN(c3nnc(C(=O)NCc4cccc(C)c4)c4ccccc34)CC2)cc1. The fourth-order valence-corrected chi connectivity index (χ4v) is 4.55. The van der Waals surface area contributed by atoms with Crippen molar-refractivity contribution in [2.75, 3.05) is 43.1 Å². The Bertz CT molecular complexity index is 1330. The van der Waals surface area contributed by atoms with Crippen molar-refractivity contribution in [3.8, 4) is 5.75 Å². The predicted molar refractivity (Wildman–Crippen MR) is 139 cm³/mol. The van der Waals surface area contributed by atoms with E-state index in [4.69, 9.17) is 4.74 Å². The van der Waals surface area contributed by atoms with Crippen LogP contribution in [0.3, 0.4) is 0 Å². The van der Waals surface area contributed by atoms with Gasteiger partial charge >= 0.3 is 0 Å². The van der Waals surface area contributed by atoms with E-state index >= 15 is 0 Å². The van der Waals surface area contributed by atoms with E-state index in [1.54, 1.807) is 7.11 Å². The van der Waals surface area contributed by atoms with E-state index in [1.807, 2.05) is 61.5 Å². The van der Waals surface area contributed by atoms with Gasteiger partial charge in [0.15, 0.2) is 11.5 Å². The minimum Gasteiger partial charge on any atom is -0.497 e. The standard InChI is InChI=1S/C28H29N5O2/c1-20-6-5-7-21(18-20)19-29-28(34)26-24-8-3-4-9-25(24)27(31-30-26)33-16-14-32(15-17-33)22-10-12-23(35-2)13-11-22/h3-13,18H,14-17,19H2,1-2H3,(H,29,34). The van der Waals surface area contributed by atoms with Crippen molar-refractivity contribution < 1.29 is 9.53 Å². The first-order valence-electron chi connectivity index (χ1n) is 11.9. The molecule has 3 aromatic carbocycles. The van der Waals surface area contributed by atoms with Gasteiger partial charge in [-0.2, -0.15) is 0 Å². The minimum atomic E-state index is -0.217. The topological polar surface area (TPSA) is 70.6 Å². The molecule has 1 aromatic heterocycles. The molecule has 1 aliphatic heterocycles. The first kappa shape index (κ1) is 22.7. The number of piperazine rings is 1. The summed E-state index contributed by atoms with van der Waals surface area (Å²) in [6.45, 7) is 5.89. The third-order valence-corrected chi connectivity index (χ3v) is 6.44. The molecule has 7 heteroatoms. The predicted octanol–water partition coefficient (Wildman–Crippen LogP) is 4.20. The van der Waals surface area contributed by atoms with E-state index in [-0.39, 0.29) is 5.91 Å². The Labute approximate surface area is 205 Å². The maximum atomic E-state index is 13.0. The average Bonchev–Trinajstić information content (AvgIpc) is 2.91. The number of anilines is 2. The lowest BCUT2D eigenvalue weighted by atomic mass is 10.1. The monoisotopic (exact) mass is 467 g/mol. The number of nitrogens with zero attached hydrogens (tertiary/aromatic N) is 4. The number of benzene rings is 3. The summed E-state index contributed by atoms with van der Waals surface area (Å²) in [7, 11) is 1.68. The van der Waals surface area contributed by atoms with Crippen LogP contribution in [0.4, 0.5) is 11.5 Å². The van der Waals surface area contributed by atoms with Gasteiger partial charge < -0.3 is 19.9 Å². The Balaban J connectivity index is 1.32. The zero-order valence-electron chi connectivity index (χ0n) is 20.1. The summed E-state index contributed by atoms with van der Waals surface area (Å²) >= 11 is 0. The summed E-state index contributed by atoms with van der Waals surface area (Å²) in [5.74, 6) is 1.47. The summed E-state index contributed by atoms with van der Waals surface area (Å²) in [6.07, 6.45) is 0. The molecule has 0 unspecified atom stereocenters. The van der Waals surface area contributed by atoms with Crippen LogP contribution in [0.2, 0.25) is 0 Å². The molecule has 1 fully saturated rings. The summed E-state index contributed by atoms with van der Waals surface area (Å²) in [5, 5.41) is 13.7. The number of ether oxygens (including phenoxy) is 1. The first-order valence-corrected chi connectivity index (χ1v) is 11.9. The van der Waals surface area contributed by atoms with Crippen LogP contribution in [0.5, 0.6) is 5.75 Å². The van der Waals surface area contributed by atoms with Crippen LogP contribution in [0, 0.1) is 6.92 Å². The van der Waals surface area contributed by atoms with E-state index < -0.39 is 0 Å². The highest BCUT2D eigenvalue weighted by Crippen LogP contribution is 2.28. The number of amides is 1. The number of hydrogen-bond donors (Lipinski definition) is 1. The second-order valence-electron chi connectivity index (χ2n) is 8.76. The number of rotatable bonds is 6. The van der Waals surface area contributed by atoms with E-state index in [0.29, 0.717) is 12.2 Å². The molecule has 1 saturated heterocycles. The van der Waals surface area contributed by atoms with Crippen LogP contribution in [0.25, 0.3) is 10.8 Å². The van der Waals surface area contributed by atoms with Crippen molar-refractivity contribution in [1.82, 2.24) is 15.5 Å². The third-order valence-electron chi connectivity index (χ3n) is 6.44. The van der Waals surface area contributed by atoms with Crippen LogP contribution >= 0.6 is 0 Å². The highest BCUT2D eigenvalue weighted by Gasteiger charge is 2.23. The number of nitrogens with one attached hydrogen (secondary N) is 1. The molecule has 5 rings (SSSR count). The highest BCUT2D eigenvalue weighted by molar-refractivity contribution is 6.07. The molecule has 0 spiro atoms. The van der Waals surface area contributed by atoms with E-state index in [1.165, 1.54) is 11.3 Å². The number of aromatic nitrogens is 2. The maximum absolute atomic E-state index is 13.0. The van der Waals surface area contributed by atoms with E-state index in [2.05, 4.69) is 43.5 Å². The smallest absolute Gasteiger partial charge is 0.272 e. The number of carbonyl (C=O) groups is 1. The molecule has 0 radical (unpaired) electrons. The molecule has 1 N–H and O–H groups in total. The highest BCUT2D eigenvalue weighted by atomic mass is 16.5. The molecule has 2 heterocycles. The molecule has 1 amide bonds. The van der Waals surface area contributed by atoms with Gasteiger partial charge in [-0.3, -0.25) is 4.79 Å². The third kappa shape index (κ3) is 4.89. The second kappa shape index (κ2) is 10.0. The van der Waals surface area contributed by atoms with Gasteiger partial charge in [-0.05, 0) is 36.8 Å². The van der Waals surface area contributed by atoms with E-state index in [9.17, 15) is 4.79 Å². The minimum absolute atomic E-state index is 0.217. The van der Waals surface area contributed by atoms with Crippen LogP contribution < -0.4 is 19.9 Å². The van der Waals surface area contributed by atoms with E-state index in [0.717, 1.165) is 54.1 Å². The lowest BCUT2D eigenvalue weighted by Crippen LogP contribution is -2.47. The van der Waals surface area contributed by atoms with Crippen LogP contribution in [0.15, 0.2) is 72.8 Å². The Morgan fingerprint density at radius 3 is 2.31 bits per heavy atom. The van der Waals surface area contributed by atoms with Gasteiger partial charge in [0, 0.05) is 49.2 Å². The Morgan fingerprint density at radius 1 is 0.886 bits per heavy atom. The normalized spacial score (nSPS) is 13.7. The van der Waals surface area contributed by atoms with Crippen molar-refractivity contribution in [1.29, 1.82) is 0 Å². The fourth-order valence-electron chi connectivity index (χ4n) is 4.55. The molecule has 0 bridgehead atoms. The molecule has 0 atom stereocenters. The zero-order chi connectivity index (χ0) is 24.2. The average molecular weight is 468 g/mol. The molecule has 0 saturated carbocycles. The zero-order valence-corrected chi connectivity index (χ0v) is 20.1. The largest absolute Gasteiger partial charge is 0.497 e. The maximum Gasteiger partial charge on any atom is 0.272 e. The van der Waals surface area contributed by atoms with Crippen LogP contribution in [-0.2, 0) is 6.54 Å². The molecule has 0 aliphatic carbocycles. The molecule has 4 aromatic rings. The van der Waals surface area contributed by atoms with Gasteiger partial charge in [-0.15, -0.1) is 10.2 Å². The Hall–Kier alpha value is -4.13. The Kier molecular flexibility index (Phi) is 6.48. The summed E-state index contributed by atoms with van der Waals surface area (Å²) < 4.78 is 5.27. The van der Waals surface area contributed by atoms with Gasteiger partial charge in [-0.25, -0.2) is 0 Å². The van der Waals surface area contributed by atoms with Crippen molar-refractivity contribution in [3.05, 3.63) is 89.6 Å². The Morgan fingerprint density at radius 2 is 1.60 bits per heavy atom. The number of aryl methyl sites for hydroxylation is 1. The fraction of sp³-hybridized carbons (Fsp3) is 0.250. The molecule has 1 aliphatic rings. The summed E-state index contributed by atoms with van der Waals surface area (Å²) in [5.41, 5.74) is 3.76. The molecular weight excluding hydrogens is 438 g/mol. The number of fused-ring (bicyclic) bond motifs is 1. The van der Waals surface area contributed by atoms with Gasteiger partial charge in [0.05, 0.1) is 7.11 Å². The van der Waals surface area contributed by atoms with Gasteiger partial charge in [-0.1, -0.05) is 54.1 Å². The van der Waals surface area contributed by atoms with Crippen molar-refractivity contribution in [2.45, 2.75) is 13.5 Å². The first-order chi connectivity index (χ1) is 17.1. The van der Waals surface area contributed by atoms with Gasteiger partial charge in [0.1, 0.15) is 5.75 Å². The molecule has 178 valence electrons. The quantitative estimate of drug-likeness (QED) is 0.458. The molecular formula is C28H29N5O2. The summed E-state index contributed by atoms with van der Waals surface area (Å²) in [4.78, 5) is 17.6. The van der Waals surface area contributed by atoms with Gasteiger partial charge in [0.2, 0.25) is 0 Å². The van der Waals surface area contributed by atoms with Crippen molar-refractivity contribution in [3.63, 3.8) is 0 Å². The molecule has 35 heavy (non-hydrogen) atoms. The number of methoxy groups -OCH3 is 1.